The molecule has 6 atom stereocenters. The normalized spacial score (nSPS) is 36.6. The summed E-state index contributed by atoms with van der Waals surface area (Å²) >= 11 is 0. The van der Waals surface area contributed by atoms with Gasteiger partial charge in [-0.1, -0.05) is 30.3 Å². The molecule has 1 unspecified atom stereocenters. The van der Waals surface area contributed by atoms with Crippen LogP contribution in [0.4, 0.5) is 0 Å². The van der Waals surface area contributed by atoms with Gasteiger partial charge in [0.15, 0.2) is 24.3 Å². The monoisotopic (exact) mass is 372 g/mol. The van der Waals surface area contributed by atoms with Crippen molar-refractivity contribution in [2.75, 3.05) is 6.61 Å². The highest BCUT2D eigenvalue weighted by atomic mass is 17.0. The molecule has 0 amide bonds. The van der Waals surface area contributed by atoms with Crippen LogP contribution in [0.15, 0.2) is 30.3 Å². The van der Waals surface area contributed by atoms with Crippen LogP contribution in [-0.2, 0) is 23.9 Å². The molecule has 0 aliphatic carbocycles. The number of hydrogen-bond donors (Lipinski definition) is 1. The zero-order valence-electron chi connectivity index (χ0n) is 13.5. The van der Waals surface area contributed by atoms with Gasteiger partial charge in [0.2, 0.25) is 0 Å². The maximum atomic E-state index is 10.9. The SMILES string of the molecule is C[C@]1(O)O[C@@H]2COC(c3ccccc3)O[C@H]2[C@H](O[N+](=O)[O-])[C@H]1O[N+](=O)[O-]. The third-order valence-electron chi connectivity index (χ3n) is 4.08. The number of nitrogens with zero attached hydrogens (tertiary/aromatic N) is 2. The van der Waals surface area contributed by atoms with E-state index in [1.54, 1.807) is 30.3 Å². The van der Waals surface area contributed by atoms with Crippen LogP contribution < -0.4 is 0 Å². The summed E-state index contributed by atoms with van der Waals surface area (Å²) in [6.45, 7) is 1.00. The van der Waals surface area contributed by atoms with Crippen LogP contribution in [0.5, 0.6) is 0 Å². The molecule has 2 aliphatic heterocycles. The quantitative estimate of drug-likeness (QED) is 0.566. The molecule has 0 aromatic heterocycles. The van der Waals surface area contributed by atoms with Crippen LogP contribution in [0.25, 0.3) is 0 Å². The average Bonchev–Trinajstić information content (AvgIpc) is 2.57. The predicted octanol–water partition coefficient (Wildman–Crippen LogP) is 0.362. The van der Waals surface area contributed by atoms with E-state index in [1.807, 2.05) is 0 Å². The Hall–Kier alpha value is -2.54. The molecule has 2 fully saturated rings. The second kappa shape index (κ2) is 6.99. The molecule has 142 valence electrons. The highest BCUT2D eigenvalue weighted by molar-refractivity contribution is 5.16. The van der Waals surface area contributed by atoms with Crippen molar-refractivity contribution in [1.29, 1.82) is 0 Å². The first-order chi connectivity index (χ1) is 12.3. The first kappa shape index (κ1) is 18.3. The molecule has 3 rings (SSSR count). The molecule has 0 saturated carbocycles. The molecule has 2 heterocycles. The molecule has 26 heavy (non-hydrogen) atoms. The van der Waals surface area contributed by atoms with Crippen molar-refractivity contribution in [3.05, 3.63) is 56.1 Å². The van der Waals surface area contributed by atoms with E-state index < -0.39 is 46.7 Å². The summed E-state index contributed by atoms with van der Waals surface area (Å²) in [5.41, 5.74) is 0.634. The molecule has 1 aromatic carbocycles. The lowest BCUT2D eigenvalue weighted by Gasteiger charge is -2.49. The van der Waals surface area contributed by atoms with E-state index in [0.717, 1.165) is 6.92 Å². The Morgan fingerprint density at radius 3 is 2.46 bits per heavy atom. The summed E-state index contributed by atoms with van der Waals surface area (Å²) in [4.78, 5) is 30.6. The molecule has 1 N–H and O–H groups in total. The molecule has 2 saturated heterocycles. The zero-order valence-corrected chi connectivity index (χ0v) is 13.5. The van der Waals surface area contributed by atoms with Crippen molar-refractivity contribution >= 4 is 0 Å². The molecule has 0 radical (unpaired) electrons. The van der Waals surface area contributed by atoms with Gasteiger partial charge >= 0.3 is 0 Å². The Kier molecular flexibility index (Phi) is 4.91. The number of ether oxygens (including phenoxy) is 3. The minimum atomic E-state index is -2.23. The number of fused-ring (bicyclic) bond motifs is 1. The summed E-state index contributed by atoms with van der Waals surface area (Å²) < 4.78 is 16.6. The molecule has 0 bridgehead atoms. The van der Waals surface area contributed by atoms with E-state index in [1.165, 1.54) is 0 Å². The lowest BCUT2D eigenvalue weighted by atomic mass is 9.92. The summed E-state index contributed by atoms with van der Waals surface area (Å²) in [6.07, 6.45) is -6.41. The fourth-order valence-corrected chi connectivity index (χ4v) is 3.04. The largest absolute Gasteiger partial charge is 0.364 e. The highest BCUT2D eigenvalue weighted by Crippen LogP contribution is 2.39. The van der Waals surface area contributed by atoms with Crippen LogP contribution in [-0.4, -0.2) is 52.1 Å². The van der Waals surface area contributed by atoms with Crippen molar-refractivity contribution in [2.45, 2.75) is 43.4 Å². The Labute approximate surface area is 146 Å². The van der Waals surface area contributed by atoms with Gasteiger partial charge in [-0.3, -0.25) is 0 Å². The smallest absolute Gasteiger partial charge is 0.295 e. The standard InChI is InChI=1S/C14H16N2O10/c1-14(17)12(26-16(20)21)11(25-15(18)19)10-9(24-14)7-22-13(23-10)8-5-3-2-4-6-8/h2-6,9-13,17H,7H2,1H3/t9-,10-,11+,12-,13?,14+/m1/s1. The summed E-state index contributed by atoms with van der Waals surface area (Å²) in [5, 5.41) is 29.6. The van der Waals surface area contributed by atoms with E-state index in [-0.39, 0.29) is 6.61 Å². The second-order valence-electron chi connectivity index (χ2n) is 5.93. The maximum absolute atomic E-state index is 10.9. The Bertz CT molecular complexity index is 669. The summed E-state index contributed by atoms with van der Waals surface area (Å²) in [6, 6.07) is 8.73. The van der Waals surface area contributed by atoms with Gasteiger partial charge in [0, 0.05) is 5.56 Å². The lowest BCUT2D eigenvalue weighted by Crippen LogP contribution is -2.68. The highest BCUT2D eigenvalue weighted by Gasteiger charge is 2.58. The third kappa shape index (κ3) is 3.67. The Morgan fingerprint density at radius 1 is 1.19 bits per heavy atom. The summed E-state index contributed by atoms with van der Waals surface area (Å²) in [5.74, 6) is -2.23. The maximum Gasteiger partial charge on any atom is 0.295 e. The minimum absolute atomic E-state index is 0.0802. The minimum Gasteiger partial charge on any atom is -0.364 e. The molecule has 12 nitrogen and oxygen atoms in total. The van der Waals surface area contributed by atoms with Gasteiger partial charge in [-0.25, -0.2) is 0 Å². The number of aliphatic hydroxyl groups is 1. The van der Waals surface area contributed by atoms with Crippen molar-refractivity contribution in [2.24, 2.45) is 0 Å². The van der Waals surface area contributed by atoms with Gasteiger partial charge in [0.25, 0.3) is 10.2 Å². The van der Waals surface area contributed by atoms with Crippen molar-refractivity contribution in [3.8, 4) is 0 Å². The fourth-order valence-electron chi connectivity index (χ4n) is 3.04. The first-order valence-corrected chi connectivity index (χ1v) is 7.62. The van der Waals surface area contributed by atoms with Gasteiger partial charge in [-0.05, 0) is 6.92 Å². The first-order valence-electron chi connectivity index (χ1n) is 7.62. The van der Waals surface area contributed by atoms with Crippen LogP contribution in [0.3, 0.4) is 0 Å². The predicted molar refractivity (Wildman–Crippen MR) is 79.2 cm³/mol. The average molecular weight is 372 g/mol. The zero-order chi connectivity index (χ0) is 18.9. The topological polar surface area (TPSA) is 153 Å². The third-order valence-corrected chi connectivity index (χ3v) is 4.08. The van der Waals surface area contributed by atoms with Gasteiger partial charge in [-0.15, -0.1) is 20.2 Å². The number of hydrogen-bond acceptors (Lipinski definition) is 10. The van der Waals surface area contributed by atoms with E-state index >= 15 is 0 Å². The van der Waals surface area contributed by atoms with Gasteiger partial charge < -0.3 is 29.0 Å². The van der Waals surface area contributed by atoms with Gasteiger partial charge in [0.1, 0.15) is 12.2 Å². The van der Waals surface area contributed by atoms with Gasteiger partial charge in [0.05, 0.1) is 6.61 Å². The Balaban J connectivity index is 1.89. The molecule has 2 aliphatic rings. The van der Waals surface area contributed by atoms with E-state index in [9.17, 15) is 25.3 Å². The van der Waals surface area contributed by atoms with Crippen molar-refractivity contribution < 1.29 is 39.2 Å². The van der Waals surface area contributed by atoms with Gasteiger partial charge in [-0.2, -0.15) is 0 Å². The molecular weight excluding hydrogens is 356 g/mol. The molecule has 12 heteroatoms. The number of rotatable bonds is 5. The molecule has 1 aromatic rings. The van der Waals surface area contributed by atoms with Crippen LogP contribution in [0.1, 0.15) is 18.8 Å². The van der Waals surface area contributed by atoms with Crippen LogP contribution >= 0.6 is 0 Å². The lowest BCUT2D eigenvalue weighted by molar-refractivity contribution is -0.810. The van der Waals surface area contributed by atoms with Crippen molar-refractivity contribution in [3.63, 3.8) is 0 Å². The van der Waals surface area contributed by atoms with E-state index in [0.29, 0.717) is 5.56 Å². The van der Waals surface area contributed by atoms with E-state index in [2.05, 4.69) is 9.68 Å². The molecular formula is C14H16N2O10. The fraction of sp³-hybridized carbons (Fsp3) is 0.571. The van der Waals surface area contributed by atoms with E-state index in [4.69, 9.17) is 14.2 Å². The Morgan fingerprint density at radius 2 is 1.85 bits per heavy atom. The van der Waals surface area contributed by atoms with Crippen LogP contribution in [0.2, 0.25) is 0 Å². The second-order valence-corrected chi connectivity index (χ2v) is 5.93. The number of benzene rings is 1. The van der Waals surface area contributed by atoms with Crippen LogP contribution in [0, 0.1) is 20.2 Å². The molecule has 0 spiro atoms. The van der Waals surface area contributed by atoms with Crippen molar-refractivity contribution in [1.82, 2.24) is 0 Å². The summed E-state index contributed by atoms with van der Waals surface area (Å²) in [7, 11) is 0.